The van der Waals surface area contributed by atoms with Crippen LogP contribution in [0.1, 0.15) is 12.6 Å². The van der Waals surface area contributed by atoms with E-state index in [4.69, 9.17) is 4.74 Å². The fraction of sp³-hybridized carbons (Fsp3) is 0.455. The van der Waals surface area contributed by atoms with Gasteiger partial charge in [-0.1, -0.05) is 0 Å². The van der Waals surface area contributed by atoms with Gasteiger partial charge in [0.1, 0.15) is 18.4 Å². The zero-order valence-corrected chi connectivity index (χ0v) is 10.3. The first-order chi connectivity index (χ1) is 9.10. The highest BCUT2D eigenvalue weighted by Crippen LogP contribution is 2.08. The van der Waals surface area contributed by atoms with Crippen LogP contribution in [0.5, 0.6) is 0 Å². The number of ether oxygens (including phenoxy) is 1. The Hall–Kier alpha value is -2.38. The van der Waals surface area contributed by atoms with Crippen molar-refractivity contribution < 1.29 is 19.1 Å². The van der Waals surface area contributed by atoms with E-state index < -0.39 is 30.2 Å². The Balaban J connectivity index is 1.93. The number of amides is 2. The molecule has 0 bridgehead atoms. The van der Waals surface area contributed by atoms with Crippen molar-refractivity contribution in [3.63, 3.8) is 0 Å². The molecule has 8 nitrogen and oxygen atoms in total. The van der Waals surface area contributed by atoms with Crippen LogP contribution in [-0.2, 0) is 20.7 Å². The van der Waals surface area contributed by atoms with Crippen LogP contribution in [0.25, 0.3) is 0 Å². The Morgan fingerprint density at radius 2 is 2.47 bits per heavy atom. The average Bonchev–Trinajstić information content (AvgIpc) is 2.98. The molecule has 0 spiro atoms. The van der Waals surface area contributed by atoms with E-state index >= 15 is 0 Å². The monoisotopic (exact) mass is 266 g/mol. The van der Waals surface area contributed by atoms with Gasteiger partial charge in [-0.05, 0) is 6.92 Å². The summed E-state index contributed by atoms with van der Waals surface area (Å²) in [5.74, 6) is -0.449. The first-order valence-corrected chi connectivity index (χ1v) is 5.80. The summed E-state index contributed by atoms with van der Waals surface area (Å²) < 4.78 is 4.80. The van der Waals surface area contributed by atoms with Crippen LogP contribution in [-0.4, -0.2) is 46.4 Å². The molecular weight excluding hydrogens is 252 g/mol. The van der Waals surface area contributed by atoms with Crippen LogP contribution < -0.4 is 10.6 Å². The Morgan fingerprint density at radius 1 is 1.68 bits per heavy atom. The molecule has 2 heterocycles. The van der Waals surface area contributed by atoms with Crippen LogP contribution in [0, 0.1) is 0 Å². The number of imidazole rings is 1. The van der Waals surface area contributed by atoms with Gasteiger partial charge in [0.25, 0.3) is 0 Å². The lowest BCUT2D eigenvalue weighted by Gasteiger charge is -2.16. The maximum Gasteiger partial charge on any atom is 0.408 e. The highest BCUT2D eigenvalue weighted by atomic mass is 16.6. The lowest BCUT2D eigenvalue weighted by molar-refractivity contribution is -0.126. The molecule has 19 heavy (non-hydrogen) atoms. The molecule has 1 aliphatic rings. The second kappa shape index (κ2) is 5.51. The predicted octanol–water partition coefficient (Wildman–Crippen LogP) is -0.867. The molecule has 3 N–H and O–H groups in total. The zero-order chi connectivity index (χ0) is 13.8. The predicted molar refractivity (Wildman–Crippen MR) is 63.2 cm³/mol. The average molecular weight is 266 g/mol. The maximum atomic E-state index is 11.9. The van der Waals surface area contributed by atoms with Crippen LogP contribution >= 0.6 is 0 Å². The number of carbonyl (C=O) groups is 3. The summed E-state index contributed by atoms with van der Waals surface area (Å²) in [5.41, 5.74) is 0.733. The number of alkyl carbamates (subject to hydrolysis) is 1. The van der Waals surface area contributed by atoms with Gasteiger partial charge in [-0.25, -0.2) is 9.78 Å². The van der Waals surface area contributed by atoms with Gasteiger partial charge in [0.15, 0.2) is 0 Å². The third-order valence-corrected chi connectivity index (χ3v) is 2.80. The summed E-state index contributed by atoms with van der Waals surface area (Å²) in [6.45, 7) is 1.60. The standard InChI is InChI=1S/C11H14N4O4/c1-6-9(15-11(18)19-6)10(17)14-8(4-16)2-7-3-12-5-13-7/h3-6,8-9H,2H2,1H3,(H,12,13)(H,14,17)(H,15,18)/t6-,8+,9+/m1/s1. The van der Waals surface area contributed by atoms with Crippen LogP contribution in [0.15, 0.2) is 12.5 Å². The molecular formula is C11H14N4O4. The molecule has 2 rings (SSSR count). The van der Waals surface area contributed by atoms with Crippen molar-refractivity contribution in [2.24, 2.45) is 0 Å². The Morgan fingerprint density at radius 3 is 3.00 bits per heavy atom. The Bertz CT molecular complexity index is 473. The third kappa shape index (κ3) is 3.09. The number of nitrogens with zero attached hydrogens (tertiary/aromatic N) is 1. The summed E-state index contributed by atoms with van der Waals surface area (Å²) in [6.07, 6.45) is 2.82. The number of aromatic amines is 1. The van der Waals surface area contributed by atoms with Gasteiger partial charge in [0.05, 0.1) is 12.4 Å². The van der Waals surface area contributed by atoms with Crippen molar-refractivity contribution in [2.45, 2.75) is 31.5 Å². The van der Waals surface area contributed by atoms with Gasteiger partial charge < -0.3 is 25.1 Å². The maximum absolute atomic E-state index is 11.9. The highest BCUT2D eigenvalue weighted by Gasteiger charge is 2.36. The lowest BCUT2D eigenvalue weighted by Crippen LogP contribution is -2.50. The second-order valence-electron chi connectivity index (χ2n) is 4.26. The van der Waals surface area contributed by atoms with Gasteiger partial charge in [0.2, 0.25) is 5.91 Å². The SMILES string of the molecule is C[C@H]1OC(=O)N[C@@H]1C(=O)N[C@H](C=O)Cc1cnc[nH]1. The highest BCUT2D eigenvalue weighted by molar-refractivity contribution is 5.90. The molecule has 102 valence electrons. The third-order valence-electron chi connectivity index (χ3n) is 2.80. The number of nitrogens with one attached hydrogen (secondary N) is 3. The number of hydrogen-bond donors (Lipinski definition) is 3. The van der Waals surface area contributed by atoms with Crippen molar-refractivity contribution in [1.29, 1.82) is 0 Å². The number of hydrogen-bond acceptors (Lipinski definition) is 5. The summed E-state index contributed by atoms with van der Waals surface area (Å²) in [4.78, 5) is 40.5. The quantitative estimate of drug-likeness (QED) is 0.600. The Labute approximate surface area is 108 Å². The van der Waals surface area contributed by atoms with Crippen molar-refractivity contribution in [1.82, 2.24) is 20.6 Å². The van der Waals surface area contributed by atoms with Crippen molar-refractivity contribution in [3.8, 4) is 0 Å². The van der Waals surface area contributed by atoms with Crippen molar-refractivity contribution in [2.75, 3.05) is 0 Å². The van der Waals surface area contributed by atoms with Gasteiger partial charge >= 0.3 is 6.09 Å². The summed E-state index contributed by atoms with van der Waals surface area (Å²) in [6, 6.07) is -1.46. The van der Waals surface area contributed by atoms with E-state index in [2.05, 4.69) is 20.6 Å². The van der Waals surface area contributed by atoms with Crippen molar-refractivity contribution >= 4 is 18.3 Å². The minimum absolute atomic E-state index is 0.311. The molecule has 0 unspecified atom stereocenters. The molecule has 3 atom stereocenters. The fourth-order valence-electron chi connectivity index (χ4n) is 1.83. The number of cyclic esters (lactones) is 1. The van der Waals surface area contributed by atoms with Crippen LogP contribution in [0.2, 0.25) is 0 Å². The molecule has 0 saturated carbocycles. The van der Waals surface area contributed by atoms with E-state index in [-0.39, 0.29) is 0 Å². The van der Waals surface area contributed by atoms with E-state index in [1.54, 1.807) is 13.1 Å². The molecule has 8 heteroatoms. The molecule has 1 fully saturated rings. The van der Waals surface area contributed by atoms with Crippen molar-refractivity contribution in [3.05, 3.63) is 18.2 Å². The molecule has 1 aliphatic heterocycles. The summed E-state index contributed by atoms with van der Waals surface area (Å²) >= 11 is 0. The molecule has 0 aliphatic carbocycles. The second-order valence-corrected chi connectivity index (χ2v) is 4.26. The van der Waals surface area contributed by atoms with E-state index in [9.17, 15) is 14.4 Å². The summed E-state index contributed by atoms with van der Waals surface area (Å²) in [7, 11) is 0. The summed E-state index contributed by atoms with van der Waals surface area (Å²) in [5, 5.41) is 4.93. The lowest BCUT2D eigenvalue weighted by atomic mass is 10.1. The fourth-order valence-corrected chi connectivity index (χ4v) is 1.83. The van der Waals surface area contributed by atoms with Gasteiger partial charge in [-0.15, -0.1) is 0 Å². The van der Waals surface area contributed by atoms with E-state index in [0.717, 1.165) is 5.69 Å². The van der Waals surface area contributed by atoms with E-state index in [0.29, 0.717) is 12.7 Å². The van der Waals surface area contributed by atoms with E-state index in [1.807, 2.05) is 0 Å². The smallest absolute Gasteiger partial charge is 0.408 e. The molecule has 0 radical (unpaired) electrons. The first-order valence-electron chi connectivity index (χ1n) is 5.80. The molecule has 1 saturated heterocycles. The van der Waals surface area contributed by atoms with Crippen LogP contribution in [0.4, 0.5) is 4.79 Å². The topological polar surface area (TPSA) is 113 Å². The van der Waals surface area contributed by atoms with Gasteiger partial charge in [0, 0.05) is 18.3 Å². The number of rotatable bonds is 5. The normalized spacial score (nSPS) is 23.3. The largest absolute Gasteiger partial charge is 0.444 e. The number of carbonyl (C=O) groups excluding carboxylic acids is 3. The van der Waals surface area contributed by atoms with E-state index in [1.165, 1.54) is 6.33 Å². The molecule has 1 aromatic heterocycles. The van der Waals surface area contributed by atoms with Gasteiger partial charge in [-0.3, -0.25) is 4.79 Å². The molecule has 2 amide bonds. The first kappa shape index (κ1) is 13.1. The molecule has 0 aromatic carbocycles. The minimum atomic E-state index is -0.781. The molecule has 1 aromatic rings. The number of aromatic nitrogens is 2. The number of aldehydes is 1. The minimum Gasteiger partial charge on any atom is -0.444 e. The number of H-pyrrole nitrogens is 1. The Kier molecular flexibility index (Phi) is 3.79. The van der Waals surface area contributed by atoms with Crippen LogP contribution in [0.3, 0.4) is 0 Å². The zero-order valence-electron chi connectivity index (χ0n) is 10.3. The van der Waals surface area contributed by atoms with Gasteiger partial charge in [-0.2, -0.15) is 0 Å².